The van der Waals surface area contributed by atoms with Crippen molar-refractivity contribution in [2.24, 2.45) is 0 Å². The van der Waals surface area contributed by atoms with Gasteiger partial charge < -0.3 is 14.6 Å². The number of benzene rings is 1. The smallest absolute Gasteiger partial charge is 0.335 e. The minimum absolute atomic E-state index is 0.176. The molecule has 0 saturated carbocycles. The van der Waals surface area contributed by atoms with Gasteiger partial charge in [0.2, 0.25) is 0 Å². The predicted molar refractivity (Wildman–Crippen MR) is 69.2 cm³/mol. The summed E-state index contributed by atoms with van der Waals surface area (Å²) >= 11 is 5.96. The van der Waals surface area contributed by atoms with Gasteiger partial charge in [0.15, 0.2) is 0 Å². The number of carboxylic acids is 1. The largest absolute Gasteiger partial charge is 0.478 e. The molecule has 18 heavy (non-hydrogen) atoms. The number of rotatable bonds is 8. The lowest BCUT2D eigenvalue weighted by atomic mass is 10.1. The molecule has 0 saturated heterocycles. The molecule has 0 heterocycles. The van der Waals surface area contributed by atoms with Gasteiger partial charge in [-0.1, -0.05) is 24.6 Å². The average molecular weight is 273 g/mol. The molecule has 0 aliphatic rings. The Labute approximate surface area is 111 Å². The molecule has 1 aromatic carbocycles. The van der Waals surface area contributed by atoms with Gasteiger partial charge in [0.05, 0.1) is 25.4 Å². The Morgan fingerprint density at radius 2 is 2.00 bits per heavy atom. The molecule has 1 N–H and O–H groups in total. The van der Waals surface area contributed by atoms with E-state index in [1.54, 1.807) is 6.07 Å². The average Bonchev–Trinajstić information content (AvgIpc) is 2.35. The maximum Gasteiger partial charge on any atom is 0.335 e. The summed E-state index contributed by atoms with van der Waals surface area (Å²) < 4.78 is 10.7. The van der Waals surface area contributed by atoms with Gasteiger partial charge in [-0.25, -0.2) is 4.79 Å². The van der Waals surface area contributed by atoms with Crippen LogP contribution in [0.25, 0.3) is 0 Å². The number of carbonyl (C=O) groups is 1. The van der Waals surface area contributed by atoms with E-state index in [9.17, 15) is 4.79 Å². The van der Waals surface area contributed by atoms with Crippen LogP contribution in [0, 0.1) is 0 Å². The van der Waals surface area contributed by atoms with Gasteiger partial charge in [0, 0.05) is 11.6 Å². The van der Waals surface area contributed by atoms with Crippen molar-refractivity contribution >= 4 is 17.6 Å². The number of halogens is 1. The molecule has 0 aliphatic heterocycles. The van der Waals surface area contributed by atoms with Gasteiger partial charge in [0.1, 0.15) is 0 Å². The zero-order valence-electron chi connectivity index (χ0n) is 10.3. The van der Waals surface area contributed by atoms with Crippen molar-refractivity contribution in [3.63, 3.8) is 0 Å². The summed E-state index contributed by atoms with van der Waals surface area (Å²) in [4.78, 5) is 10.7. The van der Waals surface area contributed by atoms with Crippen molar-refractivity contribution in [3.05, 3.63) is 34.3 Å². The highest BCUT2D eigenvalue weighted by Crippen LogP contribution is 2.18. The standard InChI is InChI=1S/C13H17ClO4/c1-2-5-17-6-7-18-9-11-4-3-10(13(15)16)8-12(11)14/h3-4,8H,2,5-7,9H2,1H3,(H,15,16). The topological polar surface area (TPSA) is 55.8 Å². The summed E-state index contributed by atoms with van der Waals surface area (Å²) in [7, 11) is 0. The van der Waals surface area contributed by atoms with Crippen LogP contribution in [0.4, 0.5) is 0 Å². The Bertz CT molecular complexity index is 393. The third-order valence-electron chi connectivity index (χ3n) is 2.28. The van der Waals surface area contributed by atoms with Gasteiger partial charge >= 0.3 is 5.97 Å². The van der Waals surface area contributed by atoms with Gasteiger partial charge in [-0.15, -0.1) is 0 Å². The Balaban J connectivity index is 2.36. The third-order valence-corrected chi connectivity index (χ3v) is 2.63. The lowest BCUT2D eigenvalue weighted by Gasteiger charge is -2.07. The molecule has 0 fully saturated rings. The van der Waals surface area contributed by atoms with E-state index in [2.05, 4.69) is 0 Å². The van der Waals surface area contributed by atoms with Crippen molar-refractivity contribution in [1.82, 2.24) is 0 Å². The molecule has 0 radical (unpaired) electrons. The summed E-state index contributed by atoms with van der Waals surface area (Å²) in [6, 6.07) is 4.61. The first-order valence-corrected chi connectivity index (χ1v) is 6.20. The first-order chi connectivity index (χ1) is 8.65. The van der Waals surface area contributed by atoms with Crippen LogP contribution in [0.1, 0.15) is 29.3 Å². The van der Waals surface area contributed by atoms with Crippen molar-refractivity contribution < 1.29 is 19.4 Å². The predicted octanol–water partition coefficient (Wildman–Crippen LogP) is 2.98. The fourth-order valence-corrected chi connectivity index (χ4v) is 1.58. The number of aromatic carboxylic acids is 1. The molecular formula is C13H17ClO4. The third kappa shape index (κ3) is 5.04. The van der Waals surface area contributed by atoms with E-state index in [4.69, 9.17) is 26.2 Å². The maximum atomic E-state index is 10.7. The maximum absolute atomic E-state index is 10.7. The molecule has 0 atom stereocenters. The molecule has 0 amide bonds. The van der Waals surface area contributed by atoms with E-state index in [0.29, 0.717) is 24.8 Å². The minimum Gasteiger partial charge on any atom is -0.478 e. The summed E-state index contributed by atoms with van der Waals surface area (Å²) in [6.07, 6.45) is 0.989. The molecule has 1 aromatic rings. The monoisotopic (exact) mass is 272 g/mol. The summed E-state index contributed by atoms with van der Waals surface area (Å²) in [5.41, 5.74) is 0.951. The van der Waals surface area contributed by atoms with Crippen LogP contribution in [-0.4, -0.2) is 30.9 Å². The fourth-order valence-electron chi connectivity index (χ4n) is 1.34. The van der Waals surface area contributed by atoms with Crippen molar-refractivity contribution in [1.29, 1.82) is 0 Å². The van der Waals surface area contributed by atoms with E-state index >= 15 is 0 Å². The highest BCUT2D eigenvalue weighted by atomic mass is 35.5. The van der Waals surface area contributed by atoms with Crippen LogP contribution in [0.5, 0.6) is 0 Å². The normalized spacial score (nSPS) is 10.6. The second-order valence-electron chi connectivity index (χ2n) is 3.78. The lowest BCUT2D eigenvalue weighted by Crippen LogP contribution is -2.05. The Morgan fingerprint density at radius 1 is 1.28 bits per heavy atom. The molecule has 0 bridgehead atoms. The Kier molecular flexibility index (Phi) is 6.72. The fraction of sp³-hybridized carbons (Fsp3) is 0.462. The number of hydrogen-bond donors (Lipinski definition) is 1. The highest BCUT2D eigenvalue weighted by Gasteiger charge is 2.06. The molecular weight excluding hydrogens is 256 g/mol. The number of ether oxygens (including phenoxy) is 2. The van der Waals surface area contributed by atoms with Crippen molar-refractivity contribution in [2.75, 3.05) is 19.8 Å². The van der Waals surface area contributed by atoms with Crippen LogP contribution in [0.3, 0.4) is 0 Å². The quantitative estimate of drug-likeness (QED) is 0.739. The first kappa shape index (κ1) is 15.0. The number of carboxylic acid groups (broad SMARTS) is 1. The minimum atomic E-state index is -0.989. The molecule has 5 heteroatoms. The Hall–Kier alpha value is -1.10. The van der Waals surface area contributed by atoms with Gasteiger partial charge in [-0.3, -0.25) is 0 Å². The highest BCUT2D eigenvalue weighted by molar-refractivity contribution is 6.31. The molecule has 0 spiro atoms. The lowest BCUT2D eigenvalue weighted by molar-refractivity contribution is 0.0408. The van der Waals surface area contributed by atoms with Crippen molar-refractivity contribution in [2.45, 2.75) is 20.0 Å². The molecule has 0 aromatic heterocycles. The second kappa shape index (κ2) is 8.08. The second-order valence-corrected chi connectivity index (χ2v) is 4.18. The van der Waals surface area contributed by atoms with E-state index in [1.165, 1.54) is 12.1 Å². The van der Waals surface area contributed by atoms with Crippen LogP contribution in [0.15, 0.2) is 18.2 Å². The van der Waals surface area contributed by atoms with Crippen LogP contribution < -0.4 is 0 Å². The van der Waals surface area contributed by atoms with Crippen LogP contribution in [-0.2, 0) is 16.1 Å². The number of hydrogen-bond acceptors (Lipinski definition) is 3. The summed E-state index contributed by atoms with van der Waals surface area (Å²) in [6.45, 7) is 4.19. The van der Waals surface area contributed by atoms with Gasteiger partial charge in [-0.2, -0.15) is 0 Å². The van der Waals surface area contributed by atoms with Crippen LogP contribution in [0.2, 0.25) is 5.02 Å². The molecule has 0 unspecified atom stereocenters. The zero-order valence-corrected chi connectivity index (χ0v) is 11.1. The zero-order chi connectivity index (χ0) is 13.4. The SMILES string of the molecule is CCCOCCOCc1ccc(C(=O)O)cc1Cl. The molecule has 100 valence electrons. The Morgan fingerprint density at radius 3 is 2.61 bits per heavy atom. The molecule has 1 rings (SSSR count). The van der Waals surface area contributed by atoms with E-state index in [-0.39, 0.29) is 5.56 Å². The van der Waals surface area contributed by atoms with E-state index in [1.807, 2.05) is 6.92 Å². The first-order valence-electron chi connectivity index (χ1n) is 5.82. The van der Waals surface area contributed by atoms with E-state index < -0.39 is 5.97 Å². The van der Waals surface area contributed by atoms with E-state index in [0.717, 1.165) is 18.6 Å². The van der Waals surface area contributed by atoms with Gasteiger partial charge in [-0.05, 0) is 24.1 Å². The summed E-state index contributed by atoms with van der Waals surface area (Å²) in [5, 5.41) is 9.20. The summed E-state index contributed by atoms with van der Waals surface area (Å²) in [5.74, 6) is -0.989. The van der Waals surface area contributed by atoms with Crippen molar-refractivity contribution in [3.8, 4) is 0 Å². The molecule has 4 nitrogen and oxygen atoms in total. The van der Waals surface area contributed by atoms with Gasteiger partial charge in [0.25, 0.3) is 0 Å². The molecule has 0 aliphatic carbocycles. The van der Waals surface area contributed by atoms with Crippen LogP contribution >= 0.6 is 11.6 Å².